The fourth-order valence-electron chi connectivity index (χ4n) is 0.588. The molecule has 0 radical (unpaired) electrons. The Labute approximate surface area is 57.0 Å². The highest BCUT2D eigenvalue weighted by Crippen LogP contribution is 2.10. The zero-order chi connectivity index (χ0) is 6.69. The van der Waals surface area contributed by atoms with E-state index in [2.05, 4.69) is 0 Å². The maximum Gasteiger partial charge on any atom is 0.152 e. The Morgan fingerprint density at radius 3 is 2.89 bits per heavy atom. The van der Waals surface area contributed by atoms with Crippen molar-refractivity contribution in [2.24, 2.45) is 0 Å². The van der Waals surface area contributed by atoms with Crippen molar-refractivity contribution in [3.05, 3.63) is 0 Å². The van der Waals surface area contributed by atoms with Gasteiger partial charge in [-0.3, -0.25) is 4.18 Å². The van der Waals surface area contributed by atoms with E-state index in [1.165, 1.54) is 6.26 Å². The molecule has 0 N–H and O–H groups in total. The molecule has 0 aromatic carbocycles. The zero-order valence-electron chi connectivity index (χ0n) is 5.33. The van der Waals surface area contributed by atoms with E-state index in [0.29, 0.717) is 6.61 Å². The summed E-state index contributed by atoms with van der Waals surface area (Å²) in [6, 6.07) is 0. The summed E-state index contributed by atoms with van der Waals surface area (Å²) in [5.41, 5.74) is 0. The lowest BCUT2D eigenvalue weighted by atomic mass is 10.2. The van der Waals surface area contributed by atoms with Crippen molar-refractivity contribution in [3.63, 3.8) is 0 Å². The summed E-state index contributed by atoms with van der Waals surface area (Å²) in [4.78, 5) is 0. The molecule has 3 nitrogen and oxygen atoms in total. The van der Waals surface area contributed by atoms with Gasteiger partial charge in [0.05, 0.1) is 12.7 Å². The van der Waals surface area contributed by atoms with E-state index in [4.69, 9.17) is 8.92 Å². The second-order valence-electron chi connectivity index (χ2n) is 1.97. The summed E-state index contributed by atoms with van der Waals surface area (Å²) in [6.45, 7) is 1.30. The molecule has 9 heavy (non-hydrogen) atoms. The Kier molecular flexibility index (Phi) is 2.63. The summed E-state index contributed by atoms with van der Waals surface area (Å²) < 4.78 is 20.1. The van der Waals surface area contributed by atoms with Crippen LogP contribution >= 0.6 is 0 Å². The second-order valence-corrected chi connectivity index (χ2v) is 3.01. The fourth-order valence-corrected chi connectivity index (χ4v) is 0.931. The lowest BCUT2D eigenvalue weighted by Gasteiger charge is -2.25. The van der Waals surface area contributed by atoms with Gasteiger partial charge in [-0.25, -0.2) is 4.21 Å². The predicted molar refractivity (Wildman–Crippen MR) is 34.4 cm³/mol. The molecule has 1 unspecified atom stereocenters. The molecule has 1 heterocycles. The summed E-state index contributed by atoms with van der Waals surface area (Å²) in [5.74, 6) is 0. The van der Waals surface area contributed by atoms with Gasteiger partial charge in [0.25, 0.3) is 0 Å². The lowest BCUT2D eigenvalue weighted by molar-refractivity contribution is -0.0700. The summed E-state index contributed by atoms with van der Waals surface area (Å²) in [5, 5.41) is 0. The van der Waals surface area contributed by atoms with Crippen molar-refractivity contribution in [3.8, 4) is 0 Å². The third-order valence-corrected chi connectivity index (χ3v) is 1.68. The van der Waals surface area contributed by atoms with Gasteiger partial charge in [-0.15, -0.1) is 0 Å². The normalized spacial score (nSPS) is 29.2. The first-order valence-electron chi connectivity index (χ1n) is 2.87. The number of ether oxygens (including phenoxy) is 1. The highest BCUT2D eigenvalue weighted by atomic mass is 32.2. The molecule has 1 aliphatic rings. The van der Waals surface area contributed by atoms with Gasteiger partial charge in [-0.2, -0.15) is 0 Å². The molecule has 1 aliphatic heterocycles. The van der Waals surface area contributed by atoms with E-state index in [1.54, 1.807) is 0 Å². The molecule has 4 heteroatoms. The topological polar surface area (TPSA) is 35.5 Å². The maximum atomic E-state index is 10.3. The van der Waals surface area contributed by atoms with E-state index in [0.717, 1.165) is 13.0 Å². The summed E-state index contributed by atoms with van der Waals surface area (Å²) in [6.07, 6.45) is 2.75. The van der Waals surface area contributed by atoms with Crippen molar-refractivity contribution < 1.29 is 13.1 Å². The van der Waals surface area contributed by atoms with Crippen molar-refractivity contribution in [2.45, 2.75) is 12.5 Å². The van der Waals surface area contributed by atoms with Crippen LogP contribution in [0.25, 0.3) is 0 Å². The number of hydrogen-bond acceptors (Lipinski definition) is 3. The standard InChI is InChI=1S/C5H10O3S/c1-9(6)8-4-5-2-3-7-5/h5H,2-4H2,1H3/t5-,9?/m0/s1. The molecule has 0 aliphatic carbocycles. The smallest absolute Gasteiger partial charge is 0.152 e. The van der Waals surface area contributed by atoms with Crippen LogP contribution in [0.3, 0.4) is 0 Å². The van der Waals surface area contributed by atoms with Gasteiger partial charge in [0.15, 0.2) is 11.1 Å². The Balaban J connectivity index is 1.97. The lowest BCUT2D eigenvalue weighted by Crippen LogP contribution is -2.31. The minimum absolute atomic E-state index is 0.203. The van der Waals surface area contributed by atoms with Crippen molar-refractivity contribution in [2.75, 3.05) is 19.5 Å². The van der Waals surface area contributed by atoms with Crippen molar-refractivity contribution in [1.82, 2.24) is 0 Å². The van der Waals surface area contributed by atoms with Gasteiger partial charge >= 0.3 is 0 Å². The Hall–Kier alpha value is 0.0700. The van der Waals surface area contributed by atoms with Crippen LogP contribution in [-0.4, -0.2) is 29.8 Å². The molecule has 0 aromatic heterocycles. The quantitative estimate of drug-likeness (QED) is 0.571. The van der Waals surface area contributed by atoms with Crippen LogP contribution in [0, 0.1) is 0 Å². The summed E-state index contributed by atoms with van der Waals surface area (Å²) in [7, 11) is 0. The average molecular weight is 150 g/mol. The molecule has 0 amide bonds. The molecule has 0 bridgehead atoms. The van der Waals surface area contributed by atoms with E-state index in [1.807, 2.05) is 0 Å². The highest BCUT2D eigenvalue weighted by molar-refractivity contribution is 7.79. The second kappa shape index (κ2) is 3.29. The first-order chi connectivity index (χ1) is 4.29. The van der Waals surface area contributed by atoms with Gasteiger partial charge in [0.2, 0.25) is 0 Å². The minimum Gasteiger partial charge on any atom is -0.376 e. The molecule has 1 saturated heterocycles. The highest BCUT2D eigenvalue weighted by Gasteiger charge is 2.18. The maximum absolute atomic E-state index is 10.3. The Morgan fingerprint density at radius 1 is 1.89 bits per heavy atom. The van der Waals surface area contributed by atoms with Gasteiger partial charge in [0, 0.05) is 12.9 Å². The van der Waals surface area contributed by atoms with Gasteiger partial charge in [-0.1, -0.05) is 0 Å². The van der Waals surface area contributed by atoms with Crippen LogP contribution in [0.4, 0.5) is 0 Å². The first-order valence-corrected chi connectivity index (χ1v) is 4.35. The Bertz CT molecular complexity index is 111. The minimum atomic E-state index is -1.13. The number of rotatable bonds is 3. The van der Waals surface area contributed by atoms with E-state index in [-0.39, 0.29) is 6.10 Å². The average Bonchev–Trinajstić information content (AvgIpc) is 1.60. The molecule has 0 saturated carbocycles. The van der Waals surface area contributed by atoms with Gasteiger partial charge in [-0.05, 0) is 6.42 Å². The SMILES string of the molecule is CS(=O)OC[C@@H]1CCO1. The van der Waals surface area contributed by atoms with Gasteiger partial charge < -0.3 is 4.74 Å². The van der Waals surface area contributed by atoms with Crippen molar-refractivity contribution in [1.29, 1.82) is 0 Å². The van der Waals surface area contributed by atoms with Crippen molar-refractivity contribution >= 4 is 11.1 Å². The largest absolute Gasteiger partial charge is 0.376 e. The van der Waals surface area contributed by atoms with Crippen LogP contribution in [0.5, 0.6) is 0 Å². The number of hydrogen-bond donors (Lipinski definition) is 0. The van der Waals surface area contributed by atoms with Crippen LogP contribution in [-0.2, 0) is 20.0 Å². The van der Waals surface area contributed by atoms with E-state index in [9.17, 15) is 4.21 Å². The third-order valence-electron chi connectivity index (χ3n) is 1.21. The molecule has 1 fully saturated rings. The molecule has 54 valence electrons. The molecule has 2 atom stereocenters. The first kappa shape index (κ1) is 7.18. The van der Waals surface area contributed by atoms with Crippen LogP contribution in [0.1, 0.15) is 6.42 Å². The molecular formula is C5H10O3S. The molecule has 1 rings (SSSR count). The molecule has 0 spiro atoms. The van der Waals surface area contributed by atoms with E-state index < -0.39 is 11.1 Å². The van der Waals surface area contributed by atoms with E-state index >= 15 is 0 Å². The van der Waals surface area contributed by atoms with Crippen LogP contribution in [0.2, 0.25) is 0 Å². The molecular weight excluding hydrogens is 140 g/mol. The third kappa shape index (κ3) is 2.43. The monoisotopic (exact) mass is 150 g/mol. The Morgan fingerprint density at radius 2 is 2.56 bits per heavy atom. The molecule has 0 aromatic rings. The summed E-state index contributed by atoms with van der Waals surface area (Å²) >= 11 is -1.13. The van der Waals surface area contributed by atoms with Crippen LogP contribution in [0.15, 0.2) is 0 Å². The fraction of sp³-hybridized carbons (Fsp3) is 1.00. The van der Waals surface area contributed by atoms with Gasteiger partial charge in [0.1, 0.15) is 0 Å². The predicted octanol–water partition coefficient (Wildman–Crippen LogP) is 0.0854. The zero-order valence-corrected chi connectivity index (χ0v) is 6.15. The van der Waals surface area contributed by atoms with Crippen LogP contribution < -0.4 is 0 Å².